The lowest BCUT2D eigenvalue weighted by atomic mass is 10.1. The first-order chi connectivity index (χ1) is 19.6. The van der Waals surface area contributed by atoms with Gasteiger partial charge in [0, 0.05) is 25.2 Å². The number of rotatable bonds is 14. The quantitative estimate of drug-likeness (QED) is 0.158. The predicted octanol–water partition coefficient (Wildman–Crippen LogP) is 9.29. The minimum Gasteiger partial charge on any atom is -0.508 e. The molecular formula is C35H48N2O4. The van der Waals surface area contributed by atoms with Crippen molar-refractivity contribution in [1.82, 2.24) is 0 Å². The number of phenols is 3. The molecule has 0 aromatic heterocycles. The Kier molecular flexibility index (Phi) is 11.9. The van der Waals surface area contributed by atoms with Crippen LogP contribution in [-0.2, 0) is 0 Å². The number of hydrogen-bond donors (Lipinski definition) is 3. The number of carbonyl (C=O) groups excluding carboxylic acids is 1. The third kappa shape index (κ3) is 8.66. The number of benzene rings is 2. The van der Waals surface area contributed by atoms with Crippen LogP contribution in [0.1, 0.15) is 103 Å². The van der Waals surface area contributed by atoms with Gasteiger partial charge in [0.05, 0.1) is 16.9 Å². The summed E-state index contributed by atoms with van der Waals surface area (Å²) in [6, 6.07) is 7.79. The third-order valence-corrected chi connectivity index (χ3v) is 7.61. The number of nitrogens with zero attached hydrogens (tertiary/aromatic N) is 2. The second kappa shape index (κ2) is 15.4. The smallest absolute Gasteiger partial charge is 0.260 e. The van der Waals surface area contributed by atoms with Gasteiger partial charge in [0.2, 0.25) is 0 Å². The number of hydrogen-bond acceptors (Lipinski definition) is 5. The van der Waals surface area contributed by atoms with Crippen LogP contribution >= 0.6 is 0 Å². The third-order valence-electron chi connectivity index (χ3n) is 7.61. The van der Waals surface area contributed by atoms with Gasteiger partial charge in [-0.3, -0.25) is 4.79 Å². The fraction of sp³-hybridized carbons (Fsp3) is 0.457. The Morgan fingerprint density at radius 3 is 2.17 bits per heavy atom. The Morgan fingerprint density at radius 2 is 1.46 bits per heavy atom. The van der Waals surface area contributed by atoms with E-state index in [0.29, 0.717) is 29.2 Å². The summed E-state index contributed by atoms with van der Waals surface area (Å²) in [7, 11) is 0. The van der Waals surface area contributed by atoms with Gasteiger partial charge < -0.3 is 25.1 Å². The molecule has 2 aromatic rings. The van der Waals surface area contributed by atoms with Gasteiger partial charge >= 0.3 is 0 Å². The molecule has 0 spiro atoms. The summed E-state index contributed by atoms with van der Waals surface area (Å²) in [5.41, 5.74) is 5.50. The lowest BCUT2D eigenvalue weighted by Gasteiger charge is -2.28. The van der Waals surface area contributed by atoms with Gasteiger partial charge in [0.1, 0.15) is 22.9 Å². The summed E-state index contributed by atoms with van der Waals surface area (Å²) in [4.78, 5) is 17.4. The molecule has 0 unspecified atom stereocenters. The normalized spacial score (nSPS) is 13.6. The molecule has 3 rings (SSSR count). The number of unbranched alkanes of at least 4 members (excludes halogenated alkanes) is 4. The van der Waals surface area contributed by atoms with E-state index < -0.39 is 0 Å². The van der Waals surface area contributed by atoms with Crippen LogP contribution in [0.3, 0.4) is 0 Å². The van der Waals surface area contributed by atoms with E-state index in [1.54, 1.807) is 23.1 Å². The Balaban J connectivity index is 1.90. The van der Waals surface area contributed by atoms with E-state index in [1.165, 1.54) is 23.3 Å². The van der Waals surface area contributed by atoms with E-state index in [-0.39, 0.29) is 29.7 Å². The molecule has 6 nitrogen and oxygen atoms in total. The zero-order valence-electron chi connectivity index (χ0n) is 25.5. The predicted molar refractivity (Wildman–Crippen MR) is 171 cm³/mol. The maximum absolute atomic E-state index is 14.0. The van der Waals surface area contributed by atoms with Gasteiger partial charge in [-0.15, -0.1) is 0 Å². The number of anilines is 3. The Bertz CT molecular complexity index is 1290. The van der Waals surface area contributed by atoms with Crippen LogP contribution < -0.4 is 9.80 Å². The average Bonchev–Trinajstić information content (AvgIpc) is 3.00. The Labute approximate surface area is 246 Å². The monoisotopic (exact) mass is 560 g/mol. The van der Waals surface area contributed by atoms with Gasteiger partial charge in [0.15, 0.2) is 0 Å². The van der Waals surface area contributed by atoms with Gasteiger partial charge in [0.25, 0.3) is 5.91 Å². The second-order valence-corrected chi connectivity index (χ2v) is 11.4. The second-order valence-electron chi connectivity index (χ2n) is 11.4. The van der Waals surface area contributed by atoms with Crippen molar-refractivity contribution in [2.45, 2.75) is 92.4 Å². The molecular weight excluding hydrogens is 512 g/mol. The van der Waals surface area contributed by atoms with Crippen molar-refractivity contribution in [2.24, 2.45) is 0 Å². The van der Waals surface area contributed by atoms with Crippen LogP contribution in [0.5, 0.6) is 17.2 Å². The standard InChI is InChI=1S/C35H48N2O4/c1-6-7-8-9-10-21-37-33-29(18-13-19-31(33)39)35(41)36(30-23-28(38)24-32(40)34(30)37)22-20-27(5)17-12-16-26(4)15-11-14-25(2)3/h13-14,16,18-20,23-24,38-40H,6-12,15,17,21-22H2,1-5H3/b26-16+,27-20+. The van der Waals surface area contributed by atoms with E-state index >= 15 is 0 Å². The fourth-order valence-electron chi connectivity index (χ4n) is 5.29. The molecule has 41 heavy (non-hydrogen) atoms. The van der Waals surface area contributed by atoms with Crippen molar-refractivity contribution in [3.63, 3.8) is 0 Å². The molecule has 0 saturated carbocycles. The highest BCUT2D eigenvalue weighted by Gasteiger charge is 2.34. The van der Waals surface area contributed by atoms with Crippen molar-refractivity contribution < 1.29 is 20.1 Å². The molecule has 0 aliphatic carbocycles. The molecule has 0 fully saturated rings. The zero-order chi connectivity index (χ0) is 29.9. The van der Waals surface area contributed by atoms with Gasteiger partial charge in [-0.25, -0.2) is 0 Å². The van der Waals surface area contributed by atoms with E-state index in [1.807, 2.05) is 11.0 Å². The molecule has 6 heteroatoms. The molecule has 0 bridgehead atoms. The summed E-state index contributed by atoms with van der Waals surface area (Å²) in [6.45, 7) is 11.5. The summed E-state index contributed by atoms with van der Waals surface area (Å²) in [5, 5.41) is 32.5. The topological polar surface area (TPSA) is 84.2 Å². The van der Waals surface area contributed by atoms with Crippen molar-refractivity contribution in [3.8, 4) is 17.2 Å². The molecule has 0 atom stereocenters. The number of allylic oxidation sites excluding steroid dienone is 5. The van der Waals surface area contributed by atoms with Crippen LogP contribution in [-0.4, -0.2) is 34.3 Å². The van der Waals surface area contributed by atoms with Crippen LogP contribution in [0, 0.1) is 0 Å². The minimum atomic E-state index is -0.283. The minimum absolute atomic E-state index is 0.0110. The maximum Gasteiger partial charge on any atom is 0.260 e. The average molecular weight is 561 g/mol. The van der Waals surface area contributed by atoms with Crippen molar-refractivity contribution in [2.75, 3.05) is 22.9 Å². The number of carbonyl (C=O) groups is 1. The first kappa shape index (κ1) is 31.9. The SMILES string of the molecule is CCCCCCCN1c2c(O)cccc2C(=O)N(C/C=C(\C)CC/C=C(\C)CCC=C(C)C)c2cc(O)cc(O)c21. The van der Waals surface area contributed by atoms with E-state index in [0.717, 1.165) is 63.4 Å². The van der Waals surface area contributed by atoms with Gasteiger partial charge in [-0.1, -0.05) is 73.6 Å². The number of para-hydroxylation sites is 1. The molecule has 0 radical (unpaired) electrons. The van der Waals surface area contributed by atoms with Gasteiger partial charge in [-0.2, -0.15) is 0 Å². The first-order valence-electron chi connectivity index (χ1n) is 15.1. The first-order valence-corrected chi connectivity index (χ1v) is 15.1. The summed E-state index contributed by atoms with van der Waals surface area (Å²) < 4.78 is 0. The molecule has 2 aromatic carbocycles. The molecule has 1 amide bonds. The van der Waals surface area contributed by atoms with E-state index in [4.69, 9.17) is 0 Å². The zero-order valence-corrected chi connectivity index (χ0v) is 25.5. The van der Waals surface area contributed by atoms with Crippen LogP contribution in [0.2, 0.25) is 0 Å². The highest BCUT2D eigenvalue weighted by atomic mass is 16.3. The van der Waals surface area contributed by atoms with E-state index in [2.05, 4.69) is 46.8 Å². The van der Waals surface area contributed by atoms with E-state index in [9.17, 15) is 20.1 Å². The van der Waals surface area contributed by atoms with Crippen LogP contribution in [0.15, 0.2) is 65.3 Å². The van der Waals surface area contributed by atoms with Crippen molar-refractivity contribution in [1.29, 1.82) is 0 Å². The highest BCUT2D eigenvalue weighted by molar-refractivity contribution is 6.15. The highest BCUT2D eigenvalue weighted by Crippen LogP contribution is 2.50. The van der Waals surface area contributed by atoms with Crippen molar-refractivity contribution >= 4 is 23.0 Å². The summed E-state index contributed by atoms with van der Waals surface area (Å²) >= 11 is 0. The van der Waals surface area contributed by atoms with Gasteiger partial charge in [-0.05, 0) is 71.9 Å². The fourth-order valence-corrected chi connectivity index (χ4v) is 5.29. The van der Waals surface area contributed by atoms with Crippen molar-refractivity contribution in [3.05, 3.63) is 70.8 Å². The van der Waals surface area contributed by atoms with Crippen LogP contribution in [0.4, 0.5) is 17.1 Å². The Hall–Kier alpha value is -3.67. The maximum atomic E-state index is 14.0. The summed E-state index contributed by atoms with van der Waals surface area (Å²) in [6.07, 6.45) is 15.7. The molecule has 1 aliphatic heterocycles. The number of amides is 1. The number of aromatic hydroxyl groups is 3. The molecule has 3 N–H and O–H groups in total. The largest absolute Gasteiger partial charge is 0.508 e. The number of fused-ring (bicyclic) bond motifs is 2. The lowest BCUT2D eigenvalue weighted by Crippen LogP contribution is -2.30. The molecule has 1 aliphatic rings. The molecule has 222 valence electrons. The molecule has 0 saturated heterocycles. The summed E-state index contributed by atoms with van der Waals surface area (Å²) in [5.74, 6) is -0.540. The Morgan fingerprint density at radius 1 is 0.780 bits per heavy atom. The van der Waals surface area contributed by atoms with Crippen LogP contribution in [0.25, 0.3) is 0 Å². The molecule has 1 heterocycles. The lowest BCUT2D eigenvalue weighted by molar-refractivity contribution is 0.0990. The number of phenolic OH excluding ortho intramolecular Hbond substituents is 3.